The fourth-order valence-electron chi connectivity index (χ4n) is 2.58. The van der Waals surface area contributed by atoms with Crippen molar-refractivity contribution >= 4 is 38.9 Å². The summed E-state index contributed by atoms with van der Waals surface area (Å²) in [7, 11) is 0. The third kappa shape index (κ3) is 5.63. The Morgan fingerprint density at radius 1 is 1.13 bits per heavy atom. The molecule has 0 aliphatic carbocycles. The SMILES string of the molecule is Cc1cc(Br)cc(C)c1NC(=S)NC(C)CCc1ccccc1. The summed E-state index contributed by atoms with van der Waals surface area (Å²) in [6.45, 7) is 6.33. The molecule has 2 rings (SSSR count). The van der Waals surface area contributed by atoms with Crippen LogP contribution in [0.4, 0.5) is 5.69 Å². The number of hydrogen-bond acceptors (Lipinski definition) is 1. The zero-order chi connectivity index (χ0) is 16.8. The lowest BCUT2D eigenvalue weighted by Crippen LogP contribution is -2.36. The van der Waals surface area contributed by atoms with E-state index in [1.54, 1.807) is 0 Å². The lowest BCUT2D eigenvalue weighted by molar-refractivity contribution is 0.609. The van der Waals surface area contributed by atoms with Crippen molar-refractivity contribution in [2.24, 2.45) is 0 Å². The van der Waals surface area contributed by atoms with Gasteiger partial charge in [-0.1, -0.05) is 46.3 Å². The highest BCUT2D eigenvalue weighted by molar-refractivity contribution is 9.10. The van der Waals surface area contributed by atoms with E-state index in [0.717, 1.165) is 23.0 Å². The van der Waals surface area contributed by atoms with Crippen LogP contribution in [0, 0.1) is 13.8 Å². The normalized spacial score (nSPS) is 11.8. The number of benzene rings is 2. The van der Waals surface area contributed by atoms with Crippen molar-refractivity contribution in [2.45, 2.75) is 39.7 Å². The summed E-state index contributed by atoms with van der Waals surface area (Å²) >= 11 is 8.98. The second kappa shape index (κ2) is 8.46. The van der Waals surface area contributed by atoms with E-state index in [1.807, 2.05) is 6.07 Å². The van der Waals surface area contributed by atoms with Crippen LogP contribution in [0.25, 0.3) is 0 Å². The Hall–Kier alpha value is -1.39. The minimum atomic E-state index is 0.325. The van der Waals surface area contributed by atoms with Gasteiger partial charge < -0.3 is 10.6 Å². The van der Waals surface area contributed by atoms with Crippen LogP contribution in [0.5, 0.6) is 0 Å². The number of halogens is 1. The number of hydrogen-bond donors (Lipinski definition) is 2. The van der Waals surface area contributed by atoms with E-state index in [-0.39, 0.29) is 0 Å². The first kappa shape index (κ1) is 18.0. The van der Waals surface area contributed by atoms with Crippen LogP contribution < -0.4 is 10.6 Å². The fourth-order valence-corrected chi connectivity index (χ4v) is 3.57. The van der Waals surface area contributed by atoms with Crippen LogP contribution in [0.15, 0.2) is 46.9 Å². The van der Waals surface area contributed by atoms with E-state index in [1.165, 1.54) is 16.7 Å². The van der Waals surface area contributed by atoms with Crippen molar-refractivity contribution in [2.75, 3.05) is 5.32 Å². The average Bonchev–Trinajstić information content (AvgIpc) is 2.50. The van der Waals surface area contributed by atoms with E-state index in [9.17, 15) is 0 Å². The van der Waals surface area contributed by atoms with Gasteiger partial charge in [-0.05, 0) is 74.7 Å². The first-order valence-electron chi connectivity index (χ1n) is 7.84. The molecule has 0 saturated carbocycles. The molecule has 2 N–H and O–H groups in total. The number of anilines is 1. The van der Waals surface area contributed by atoms with Gasteiger partial charge in [-0.2, -0.15) is 0 Å². The zero-order valence-corrected chi connectivity index (χ0v) is 16.2. The number of aryl methyl sites for hydroxylation is 3. The summed E-state index contributed by atoms with van der Waals surface area (Å²) in [5, 5.41) is 7.39. The van der Waals surface area contributed by atoms with Crippen molar-refractivity contribution < 1.29 is 0 Å². The monoisotopic (exact) mass is 390 g/mol. The molecule has 0 bridgehead atoms. The maximum absolute atomic E-state index is 5.46. The highest BCUT2D eigenvalue weighted by Gasteiger charge is 2.09. The maximum atomic E-state index is 5.46. The minimum absolute atomic E-state index is 0.325. The molecule has 1 unspecified atom stereocenters. The van der Waals surface area contributed by atoms with E-state index in [2.05, 4.69) is 83.7 Å². The van der Waals surface area contributed by atoms with Gasteiger partial charge in [0.15, 0.2) is 5.11 Å². The summed E-state index contributed by atoms with van der Waals surface area (Å²) in [5.41, 5.74) is 4.80. The van der Waals surface area contributed by atoms with Gasteiger partial charge >= 0.3 is 0 Å². The molecule has 122 valence electrons. The highest BCUT2D eigenvalue weighted by Crippen LogP contribution is 2.25. The van der Waals surface area contributed by atoms with E-state index >= 15 is 0 Å². The summed E-state index contributed by atoms with van der Waals surface area (Å²) < 4.78 is 1.09. The third-order valence-corrected chi connectivity index (χ3v) is 4.50. The van der Waals surface area contributed by atoms with Crippen LogP contribution in [0.3, 0.4) is 0 Å². The molecule has 0 amide bonds. The first-order valence-corrected chi connectivity index (χ1v) is 9.04. The highest BCUT2D eigenvalue weighted by atomic mass is 79.9. The topological polar surface area (TPSA) is 24.1 Å². The van der Waals surface area contributed by atoms with Crippen LogP contribution >= 0.6 is 28.1 Å². The number of nitrogens with one attached hydrogen (secondary N) is 2. The van der Waals surface area contributed by atoms with Crippen LogP contribution in [-0.2, 0) is 6.42 Å². The van der Waals surface area contributed by atoms with Crippen molar-refractivity contribution in [1.29, 1.82) is 0 Å². The summed E-state index contributed by atoms with van der Waals surface area (Å²) in [6.07, 6.45) is 2.10. The molecule has 2 aromatic rings. The molecule has 0 heterocycles. The number of thiocarbonyl (C=S) groups is 1. The van der Waals surface area contributed by atoms with Crippen molar-refractivity contribution in [3.8, 4) is 0 Å². The van der Waals surface area contributed by atoms with Crippen LogP contribution in [-0.4, -0.2) is 11.2 Å². The van der Waals surface area contributed by atoms with Gasteiger partial charge in [0.05, 0.1) is 0 Å². The fraction of sp³-hybridized carbons (Fsp3) is 0.316. The Labute approximate surface area is 152 Å². The molecule has 0 radical (unpaired) electrons. The summed E-state index contributed by atoms with van der Waals surface area (Å²) in [5.74, 6) is 0. The molecule has 0 aromatic heterocycles. The molecule has 2 nitrogen and oxygen atoms in total. The van der Waals surface area contributed by atoms with Gasteiger partial charge in [0.1, 0.15) is 0 Å². The minimum Gasteiger partial charge on any atom is -0.360 e. The molecule has 0 saturated heterocycles. The lowest BCUT2D eigenvalue weighted by atomic mass is 10.1. The standard InChI is InChI=1S/C19H23BrN2S/c1-13-11-17(20)12-14(2)18(13)22-19(23)21-15(3)9-10-16-7-5-4-6-8-16/h4-8,11-12,15H,9-10H2,1-3H3,(H2,21,22,23). The van der Waals surface area contributed by atoms with E-state index < -0.39 is 0 Å². The van der Waals surface area contributed by atoms with Gasteiger partial charge in [0.2, 0.25) is 0 Å². The summed E-state index contributed by atoms with van der Waals surface area (Å²) in [6, 6.07) is 15.1. The number of rotatable bonds is 5. The van der Waals surface area contributed by atoms with Crippen molar-refractivity contribution in [3.05, 3.63) is 63.6 Å². The van der Waals surface area contributed by atoms with Crippen LogP contribution in [0.1, 0.15) is 30.0 Å². The third-order valence-electron chi connectivity index (χ3n) is 3.82. The zero-order valence-electron chi connectivity index (χ0n) is 13.8. The Morgan fingerprint density at radius 3 is 2.35 bits per heavy atom. The Bertz CT molecular complexity index is 647. The first-order chi connectivity index (χ1) is 11.0. The Morgan fingerprint density at radius 2 is 1.74 bits per heavy atom. The average molecular weight is 391 g/mol. The second-order valence-corrected chi connectivity index (χ2v) is 7.26. The lowest BCUT2D eigenvalue weighted by Gasteiger charge is -2.19. The molecule has 4 heteroatoms. The molecular formula is C19H23BrN2S. The quantitative estimate of drug-likeness (QED) is 0.670. The predicted octanol–water partition coefficient (Wildman–Crippen LogP) is 5.37. The van der Waals surface area contributed by atoms with Gasteiger partial charge in [0, 0.05) is 16.2 Å². The molecule has 23 heavy (non-hydrogen) atoms. The van der Waals surface area contributed by atoms with Gasteiger partial charge in [-0.25, -0.2) is 0 Å². The molecule has 0 fully saturated rings. The smallest absolute Gasteiger partial charge is 0.171 e. The van der Waals surface area contributed by atoms with Crippen LogP contribution in [0.2, 0.25) is 0 Å². The largest absolute Gasteiger partial charge is 0.360 e. The Kier molecular flexibility index (Phi) is 6.60. The van der Waals surface area contributed by atoms with Gasteiger partial charge in [-0.3, -0.25) is 0 Å². The molecule has 0 aliphatic heterocycles. The second-order valence-electron chi connectivity index (χ2n) is 5.94. The molecular weight excluding hydrogens is 368 g/mol. The van der Waals surface area contributed by atoms with Crippen molar-refractivity contribution in [1.82, 2.24) is 5.32 Å². The van der Waals surface area contributed by atoms with E-state index in [0.29, 0.717) is 11.2 Å². The molecule has 1 atom stereocenters. The van der Waals surface area contributed by atoms with Crippen molar-refractivity contribution in [3.63, 3.8) is 0 Å². The molecule has 0 aliphatic rings. The predicted molar refractivity (Wildman–Crippen MR) is 107 cm³/mol. The van der Waals surface area contributed by atoms with E-state index in [4.69, 9.17) is 12.2 Å². The van der Waals surface area contributed by atoms with Gasteiger partial charge in [-0.15, -0.1) is 0 Å². The molecule has 0 spiro atoms. The maximum Gasteiger partial charge on any atom is 0.171 e. The molecule has 2 aromatic carbocycles. The van der Waals surface area contributed by atoms with Gasteiger partial charge in [0.25, 0.3) is 0 Å². The summed E-state index contributed by atoms with van der Waals surface area (Å²) in [4.78, 5) is 0. The Balaban J connectivity index is 1.87.